The van der Waals surface area contributed by atoms with Crippen LogP contribution < -0.4 is 4.74 Å². The zero-order valence-corrected chi connectivity index (χ0v) is 10.6. The van der Waals surface area contributed by atoms with Gasteiger partial charge in [-0.2, -0.15) is 0 Å². The highest BCUT2D eigenvalue weighted by Crippen LogP contribution is 2.18. The molecule has 0 spiro atoms. The van der Waals surface area contributed by atoms with Gasteiger partial charge in [0.05, 0.1) is 13.0 Å². The van der Waals surface area contributed by atoms with Crippen LogP contribution in [0, 0.1) is 0 Å². The number of nitrogens with zero attached hydrogens (tertiary/aromatic N) is 1. The first kappa shape index (κ1) is 13.4. The van der Waals surface area contributed by atoms with E-state index in [0.29, 0.717) is 18.7 Å². The van der Waals surface area contributed by atoms with Gasteiger partial charge in [0.15, 0.2) is 0 Å². The molecule has 1 aliphatic rings. The van der Waals surface area contributed by atoms with Crippen LogP contribution in [0.4, 0.5) is 0 Å². The number of aliphatic carboxylic acids is 1. The monoisotopic (exact) mass is 263 g/mol. The first-order chi connectivity index (χ1) is 9.18. The zero-order chi connectivity index (χ0) is 13.7. The summed E-state index contributed by atoms with van der Waals surface area (Å²) in [5.74, 6) is -0.359. The van der Waals surface area contributed by atoms with Crippen molar-refractivity contribution in [3.63, 3.8) is 0 Å². The maximum Gasteiger partial charge on any atom is 0.326 e. The summed E-state index contributed by atoms with van der Waals surface area (Å²) in [6.45, 7) is 0.798. The predicted octanol–water partition coefficient (Wildman–Crippen LogP) is 1.53. The number of para-hydroxylation sites is 1. The van der Waals surface area contributed by atoms with E-state index in [1.807, 2.05) is 30.3 Å². The Kier molecular flexibility index (Phi) is 4.39. The van der Waals surface area contributed by atoms with E-state index in [4.69, 9.17) is 9.84 Å². The summed E-state index contributed by atoms with van der Waals surface area (Å²) in [7, 11) is 0. The summed E-state index contributed by atoms with van der Waals surface area (Å²) in [4.78, 5) is 24.4. The van der Waals surface area contributed by atoms with Gasteiger partial charge in [0, 0.05) is 6.54 Å². The summed E-state index contributed by atoms with van der Waals surface area (Å²) in [6, 6.07) is 8.58. The second-order valence-electron chi connectivity index (χ2n) is 4.49. The van der Waals surface area contributed by atoms with Gasteiger partial charge < -0.3 is 14.7 Å². The third kappa shape index (κ3) is 3.47. The molecule has 5 nitrogen and oxygen atoms in total. The van der Waals surface area contributed by atoms with Gasteiger partial charge >= 0.3 is 5.97 Å². The van der Waals surface area contributed by atoms with Crippen molar-refractivity contribution in [2.24, 2.45) is 0 Å². The minimum absolute atomic E-state index is 0.152. The van der Waals surface area contributed by atoms with Crippen LogP contribution in [0.15, 0.2) is 30.3 Å². The molecule has 0 saturated carbocycles. The van der Waals surface area contributed by atoms with Crippen molar-refractivity contribution in [2.75, 3.05) is 13.2 Å². The molecule has 5 heteroatoms. The van der Waals surface area contributed by atoms with Crippen LogP contribution in [0.5, 0.6) is 5.75 Å². The first-order valence-electron chi connectivity index (χ1n) is 6.38. The summed E-state index contributed by atoms with van der Waals surface area (Å²) in [5, 5.41) is 9.01. The van der Waals surface area contributed by atoms with Crippen molar-refractivity contribution < 1.29 is 19.4 Å². The molecule has 1 fully saturated rings. The number of carbonyl (C=O) groups excluding carboxylic acids is 1. The van der Waals surface area contributed by atoms with Gasteiger partial charge in [-0.05, 0) is 25.0 Å². The fraction of sp³-hybridized carbons (Fsp3) is 0.429. The summed E-state index contributed by atoms with van der Waals surface area (Å²) >= 11 is 0. The summed E-state index contributed by atoms with van der Waals surface area (Å²) < 4.78 is 5.44. The number of hydrogen-bond acceptors (Lipinski definition) is 3. The molecule has 0 radical (unpaired) electrons. The predicted molar refractivity (Wildman–Crippen MR) is 68.9 cm³/mol. The van der Waals surface area contributed by atoms with Gasteiger partial charge in [0.25, 0.3) is 0 Å². The molecule has 19 heavy (non-hydrogen) atoms. The molecule has 1 aromatic carbocycles. The Labute approximate surface area is 111 Å². The van der Waals surface area contributed by atoms with Crippen LogP contribution in [-0.4, -0.2) is 41.1 Å². The molecule has 2 rings (SSSR count). The van der Waals surface area contributed by atoms with E-state index in [1.54, 1.807) is 0 Å². The fourth-order valence-corrected chi connectivity index (χ4v) is 2.24. The van der Waals surface area contributed by atoms with Crippen molar-refractivity contribution in [2.45, 2.75) is 25.3 Å². The smallest absolute Gasteiger partial charge is 0.326 e. The minimum atomic E-state index is -0.921. The van der Waals surface area contributed by atoms with Crippen LogP contribution in [-0.2, 0) is 9.59 Å². The quantitative estimate of drug-likeness (QED) is 0.874. The van der Waals surface area contributed by atoms with E-state index < -0.39 is 12.0 Å². The van der Waals surface area contributed by atoms with Crippen molar-refractivity contribution in [3.8, 4) is 5.75 Å². The highest BCUT2D eigenvalue weighted by Gasteiger charge is 2.33. The number of likely N-dealkylation sites (tertiary alicyclic amines) is 1. The van der Waals surface area contributed by atoms with E-state index in [0.717, 1.165) is 6.42 Å². The fourth-order valence-electron chi connectivity index (χ4n) is 2.24. The Bertz CT molecular complexity index is 446. The average molecular weight is 263 g/mol. The van der Waals surface area contributed by atoms with Crippen LogP contribution in [0.3, 0.4) is 0 Å². The van der Waals surface area contributed by atoms with E-state index >= 15 is 0 Å². The Balaban J connectivity index is 1.80. The molecule has 102 valence electrons. The molecule has 1 N–H and O–H groups in total. The maximum atomic E-state index is 11.9. The third-order valence-corrected chi connectivity index (χ3v) is 3.19. The van der Waals surface area contributed by atoms with Gasteiger partial charge in [-0.3, -0.25) is 4.79 Å². The Morgan fingerprint density at radius 1 is 1.32 bits per heavy atom. The van der Waals surface area contributed by atoms with Gasteiger partial charge in [0.2, 0.25) is 5.91 Å². The van der Waals surface area contributed by atoms with Gasteiger partial charge in [-0.25, -0.2) is 4.79 Å². The molecule has 1 aliphatic heterocycles. The zero-order valence-electron chi connectivity index (χ0n) is 10.6. The van der Waals surface area contributed by atoms with Crippen molar-refractivity contribution >= 4 is 11.9 Å². The number of carboxylic acid groups (broad SMARTS) is 1. The van der Waals surface area contributed by atoms with E-state index in [-0.39, 0.29) is 18.9 Å². The third-order valence-electron chi connectivity index (χ3n) is 3.19. The normalized spacial score (nSPS) is 18.3. The van der Waals surface area contributed by atoms with Gasteiger partial charge in [-0.15, -0.1) is 0 Å². The Morgan fingerprint density at radius 3 is 2.74 bits per heavy atom. The Hall–Kier alpha value is -2.04. The van der Waals surface area contributed by atoms with Crippen LogP contribution in [0.25, 0.3) is 0 Å². The van der Waals surface area contributed by atoms with Crippen molar-refractivity contribution in [1.29, 1.82) is 0 Å². The number of benzene rings is 1. The molecule has 1 atom stereocenters. The SMILES string of the molecule is O=C(O)C1CCCN1C(=O)CCOc1ccccc1. The molecule has 0 aromatic heterocycles. The topological polar surface area (TPSA) is 66.8 Å². The van der Waals surface area contributed by atoms with Gasteiger partial charge in [0.1, 0.15) is 11.8 Å². The second-order valence-corrected chi connectivity index (χ2v) is 4.49. The molecule has 0 aliphatic carbocycles. The second kappa shape index (κ2) is 6.22. The van der Waals surface area contributed by atoms with Crippen molar-refractivity contribution in [1.82, 2.24) is 4.90 Å². The number of carbonyl (C=O) groups is 2. The number of ether oxygens (including phenoxy) is 1. The molecule has 0 bridgehead atoms. The van der Waals surface area contributed by atoms with Crippen LogP contribution in [0.2, 0.25) is 0 Å². The number of amides is 1. The summed E-state index contributed by atoms with van der Waals surface area (Å²) in [5.41, 5.74) is 0. The lowest BCUT2D eigenvalue weighted by Gasteiger charge is -2.21. The lowest BCUT2D eigenvalue weighted by Crippen LogP contribution is -2.40. The lowest BCUT2D eigenvalue weighted by atomic mass is 10.2. The first-order valence-corrected chi connectivity index (χ1v) is 6.38. The molecule has 1 heterocycles. The molecule has 1 unspecified atom stereocenters. The lowest BCUT2D eigenvalue weighted by molar-refractivity contribution is -0.148. The van der Waals surface area contributed by atoms with Crippen LogP contribution >= 0.6 is 0 Å². The van der Waals surface area contributed by atoms with E-state index in [1.165, 1.54) is 4.90 Å². The Morgan fingerprint density at radius 2 is 2.05 bits per heavy atom. The van der Waals surface area contributed by atoms with Gasteiger partial charge in [-0.1, -0.05) is 18.2 Å². The number of carboxylic acids is 1. The molecular formula is C14H17NO4. The summed E-state index contributed by atoms with van der Waals surface area (Å²) in [6.07, 6.45) is 1.50. The maximum absolute atomic E-state index is 11.9. The number of rotatable bonds is 5. The average Bonchev–Trinajstić information content (AvgIpc) is 2.89. The van der Waals surface area contributed by atoms with Crippen molar-refractivity contribution in [3.05, 3.63) is 30.3 Å². The minimum Gasteiger partial charge on any atom is -0.493 e. The molecule has 1 amide bonds. The van der Waals surface area contributed by atoms with E-state index in [9.17, 15) is 9.59 Å². The van der Waals surface area contributed by atoms with E-state index in [2.05, 4.69) is 0 Å². The molecule has 1 aromatic rings. The highest BCUT2D eigenvalue weighted by atomic mass is 16.5. The standard InChI is InChI=1S/C14H17NO4/c16-13(15-9-4-7-12(15)14(17)18)8-10-19-11-5-2-1-3-6-11/h1-3,5-6,12H,4,7-10H2,(H,17,18). The number of hydrogen-bond donors (Lipinski definition) is 1. The molecular weight excluding hydrogens is 246 g/mol. The van der Waals surface area contributed by atoms with Crippen LogP contribution in [0.1, 0.15) is 19.3 Å². The highest BCUT2D eigenvalue weighted by molar-refractivity contribution is 5.84. The largest absolute Gasteiger partial charge is 0.493 e. The molecule has 1 saturated heterocycles.